The summed E-state index contributed by atoms with van der Waals surface area (Å²) in [5.74, 6) is 0.542. The van der Waals surface area contributed by atoms with E-state index in [4.69, 9.17) is 27.9 Å². The Labute approximate surface area is 160 Å². The lowest BCUT2D eigenvalue weighted by Gasteiger charge is -2.36. The highest BCUT2D eigenvalue weighted by atomic mass is 35.5. The first-order valence-corrected chi connectivity index (χ1v) is 8.90. The van der Waals surface area contributed by atoms with Crippen LogP contribution in [-0.2, 0) is 4.79 Å². The summed E-state index contributed by atoms with van der Waals surface area (Å²) in [6, 6.07) is 5.27. The molecule has 24 heavy (non-hydrogen) atoms. The Morgan fingerprint density at radius 2 is 1.88 bits per heavy atom. The van der Waals surface area contributed by atoms with Gasteiger partial charge in [0.25, 0.3) is 5.91 Å². The maximum atomic E-state index is 12.8. The van der Waals surface area contributed by atoms with Gasteiger partial charge in [-0.2, -0.15) is 0 Å². The standard InChI is InChI=1S/C17H24Cl2N2O2.ClH/c1-3-8-21(15-4-6-20-7-5-15)17(22)12(2)23-16-10-13(18)9-14(19)11-16;/h9-12,15,20H,3-8H2,1-2H3;1H. The van der Waals surface area contributed by atoms with Crippen molar-refractivity contribution in [3.05, 3.63) is 28.2 Å². The maximum absolute atomic E-state index is 12.8. The van der Waals surface area contributed by atoms with Crippen LogP contribution in [0.5, 0.6) is 5.75 Å². The summed E-state index contributed by atoms with van der Waals surface area (Å²) >= 11 is 12.0. The molecule has 1 unspecified atom stereocenters. The zero-order valence-corrected chi connectivity index (χ0v) is 16.4. The Morgan fingerprint density at radius 1 is 1.29 bits per heavy atom. The van der Waals surface area contributed by atoms with E-state index in [1.54, 1.807) is 25.1 Å². The van der Waals surface area contributed by atoms with Crippen LogP contribution in [0.2, 0.25) is 10.0 Å². The van der Waals surface area contributed by atoms with Gasteiger partial charge in [0.2, 0.25) is 0 Å². The highest BCUT2D eigenvalue weighted by Crippen LogP contribution is 2.25. The van der Waals surface area contributed by atoms with Crippen molar-refractivity contribution in [3.63, 3.8) is 0 Å². The van der Waals surface area contributed by atoms with E-state index in [-0.39, 0.29) is 24.4 Å². The fourth-order valence-corrected chi connectivity index (χ4v) is 3.42. The molecule has 0 aliphatic carbocycles. The minimum atomic E-state index is -0.564. The van der Waals surface area contributed by atoms with Crippen molar-refractivity contribution in [2.45, 2.75) is 45.3 Å². The highest BCUT2D eigenvalue weighted by Gasteiger charge is 2.29. The van der Waals surface area contributed by atoms with E-state index in [0.717, 1.165) is 38.9 Å². The van der Waals surface area contributed by atoms with Crippen molar-refractivity contribution in [2.75, 3.05) is 19.6 Å². The molecular weight excluding hydrogens is 371 g/mol. The van der Waals surface area contributed by atoms with Gasteiger partial charge in [-0.1, -0.05) is 30.1 Å². The fourth-order valence-electron chi connectivity index (χ4n) is 2.92. The van der Waals surface area contributed by atoms with E-state index in [1.807, 2.05) is 4.90 Å². The maximum Gasteiger partial charge on any atom is 0.263 e. The largest absolute Gasteiger partial charge is 0.481 e. The summed E-state index contributed by atoms with van der Waals surface area (Å²) in [7, 11) is 0. The van der Waals surface area contributed by atoms with Crippen molar-refractivity contribution >= 4 is 41.5 Å². The summed E-state index contributed by atoms with van der Waals surface area (Å²) in [6.45, 7) is 6.53. The van der Waals surface area contributed by atoms with Gasteiger partial charge in [0.05, 0.1) is 0 Å². The first kappa shape index (κ1) is 21.4. The SMILES string of the molecule is CCCN(C(=O)C(C)Oc1cc(Cl)cc(Cl)c1)C1CCNCC1.Cl. The number of nitrogens with one attached hydrogen (secondary N) is 1. The third-order valence-electron chi connectivity index (χ3n) is 3.99. The van der Waals surface area contributed by atoms with Gasteiger partial charge in [0.1, 0.15) is 5.75 Å². The van der Waals surface area contributed by atoms with Gasteiger partial charge in [-0.05, 0) is 57.5 Å². The van der Waals surface area contributed by atoms with E-state index in [9.17, 15) is 4.79 Å². The first-order valence-electron chi connectivity index (χ1n) is 8.15. The van der Waals surface area contributed by atoms with E-state index in [2.05, 4.69) is 12.2 Å². The van der Waals surface area contributed by atoms with Crippen LogP contribution < -0.4 is 10.1 Å². The number of amides is 1. The monoisotopic (exact) mass is 394 g/mol. The molecule has 1 fully saturated rings. The lowest BCUT2D eigenvalue weighted by molar-refractivity contribution is -0.141. The van der Waals surface area contributed by atoms with Gasteiger partial charge in [0, 0.05) is 22.6 Å². The predicted molar refractivity (Wildman–Crippen MR) is 102 cm³/mol. The van der Waals surface area contributed by atoms with Gasteiger partial charge in [-0.3, -0.25) is 4.79 Å². The third kappa shape index (κ3) is 5.99. The molecule has 1 aromatic rings. The molecule has 136 valence electrons. The quantitative estimate of drug-likeness (QED) is 0.786. The molecule has 1 N–H and O–H groups in total. The summed E-state index contributed by atoms with van der Waals surface area (Å²) < 4.78 is 5.78. The second kappa shape index (κ2) is 10.3. The molecule has 1 heterocycles. The van der Waals surface area contributed by atoms with Crippen LogP contribution in [0.3, 0.4) is 0 Å². The van der Waals surface area contributed by atoms with Crippen molar-refractivity contribution in [1.82, 2.24) is 10.2 Å². The zero-order valence-electron chi connectivity index (χ0n) is 14.1. The van der Waals surface area contributed by atoms with Crippen LogP contribution in [0.25, 0.3) is 0 Å². The Balaban J connectivity index is 0.00000288. The smallest absolute Gasteiger partial charge is 0.263 e. The molecule has 1 aliphatic rings. The van der Waals surface area contributed by atoms with E-state index >= 15 is 0 Å². The molecule has 1 aromatic carbocycles. The Hall–Kier alpha value is -0.680. The first-order chi connectivity index (χ1) is 11.0. The molecule has 1 amide bonds. The summed E-state index contributed by atoms with van der Waals surface area (Å²) in [5.41, 5.74) is 0. The summed E-state index contributed by atoms with van der Waals surface area (Å²) in [5, 5.41) is 4.33. The van der Waals surface area contributed by atoms with Crippen molar-refractivity contribution in [3.8, 4) is 5.75 Å². The number of piperidine rings is 1. The number of benzene rings is 1. The highest BCUT2D eigenvalue weighted by molar-refractivity contribution is 6.34. The Morgan fingerprint density at radius 3 is 2.42 bits per heavy atom. The van der Waals surface area contributed by atoms with E-state index in [0.29, 0.717) is 15.8 Å². The van der Waals surface area contributed by atoms with Gasteiger partial charge >= 0.3 is 0 Å². The lowest BCUT2D eigenvalue weighted by Crippen LogP contribution is -2.50. The molecular formula is C17H25Cl3N2O2. The molecule has 0 radical (unpaired) electrons. The van der Waals surface area contributed by atoms with Gasteiger partial charge in [-0.15, -0.1) is 12.4 Å². The molecule has 0 saturated carbocycles. The normalized spacial score (nSPS) is 16.2. The van der Waals surface area contributed by atoms with Crippen LogP contribution in [0.15, 0.2) is 18.2 Å². The molecule has 4 nitrogen and oxygen atoms in total. The molecule has 1 atom stereocenters. The number of ether oxygens (including phenoxy) is 1. The van der Waals surface area contributed by atoms with Gasteiger partial charge in [0.15, 0.2) is 6.10 Å². The molecule has 1 aliphatic heterocycles. The molecule has 1 saturated heterocycles. The fraction of sp³-hybridized carbons (Fsp3) is 0.588. The molecule has 2 rings (SSSR count). The Bertz CT molecular complexity index is 516. The molecule has 0 spiro atoms. The Kier molecular flexibility index (Phi) is 9.21. The summed E-state index contributed by atoms with van der Waals surface area (Å²) in [6.07, 6.45) is 2.35. The topological polar surface area (TPSA) is 41.6 Å². The number of rotatable bonds is 6. The number of hydrogen-bond acceptors (Lipinski definition) is 3. The summed E-state index contributed by atoms with van der Waals surface area (Å²) in [4.78, 5) is 14.8. The van der Waals surface area contributed by atoms with Crippen molar-refractivity contribution in [2.24, 2.45) is 0 Å². The van der Waals surface area contributed by atoms with Crippen LogP contribution in [0.4, 0.5) is 0 Å². The average molecular weight is 396 g/mol. The van der Waals surface area contributed by atoms with Crippen LogP contribution in [0, 0.1) is 0 Å². The number of carbonyl (C=O) groups excluding carboxylic acids is 1. The minimum absolute atomic E-state index is 0. The van der Waals surface area contributed by atoms with Crippen molar-refractivity contribution < 1.29 is 9.53 Å². The van der Waals surface area contributed by atoms with Crippen LogP contribution >= 0.6 is 35.6 Å². The van der Waals surface area contributed by atoms with E-state index < -0.39 is 6.10 Å². The predicted octanol–water partition coefficient (Wildman–Crippen LogP) is 4.17. The average Bonchev–Trinajstić information content (AvgIpc) is 2.51. The van der Waals surface area contributed by atoms with Crippen LogP contribution in [0.1, 0.15) is 33.1 Å². The number of hydrogen-bond donors (Lipinski definition) is 1. The number of halogens is 3. The van der Waals surface area contributed by atoms with Crippen LogP contribution in [-0.4, -0.2) is 42.6 Å². The lowest BCUT2D eigenvalue weighted by atomic mass is 10.0. The van der Waals surface area contributed by atoms with Crippen molar-refractivity contribution in [1.29, 1.82) is 0 Å². The van der Waals surface area contributed by atoms with E-state index in [1.165, 1.54) is 0 Å². The molecule has 0 aromatic heterocycles. The number of nitrogens with zero attached hydrogens (tertiary/aromatic N) is 1. The van der Waals surface area contributed by atoms with Gasteiger partial charge < -0.3 is 15.0 Å². The van der Waals surface area contributed by atoms with Gasteiger partial charge in [-0.25, -0.2) is 0 Å². The third-order valence-corrected chi connectivity index (χ3v) is 4.43. The molecule has 0 bridgehead atoms. The minimum Gasteiger partial charge on any atom is -0.481 e. The zero-order chi connectivity index (χ0) is 16.8. The number of carbonyl (C=O) groups is 1. The second-order valence-electron chi connectivity index (χ2n) is 5.88. The second-order valence-corrected chi connectivity index (χ2v) is 6.75. The molecule has 7 heteroatoms.